The van der Waals surface area contributed by atoms with E-state index in [2.05, 4.69) is 60.2 Å². The van der Waals surface area contributed by atoms with Gasteiger partial charge >= 0.3 is 0 Å². The van der Waals surface area contributed by atoms with Crippen LogP contribution in [0.2, 0.25) is 0 Å². The van der Waals surface area contributed by atoms with Crippen molar-refractivity contribution in [1.82, 2.24) is 0 Å². The largest absolute Gasteiger partial charge is 0.488 e. The Labute approximate surface area is 157 Å². The van der Waals surface area contributed by atoms with Crippen LogP contribution in [-0.2, 0) is 17.8 Å². The first-order chi connectivity index (χ1) is 11.5. The second-order valence-corrected chi connectivity index (χ2v) is 6.79. The molecule has 0 radical (unpaired) electrons. The van der Waals surface area contributed by atoms with E-state index in [1.54, 1.807) is 7.11 Å². The first kappa shape index (κ1) is 18.7. The van der Waals surface area contributed by atoms with Crippen molar-refractivity contribution in [3.05, 3.63) is 57.1 Å². The maximum Gasteiger partial charge on any atom is 0.260 e. The molecule has 0 atom stereocenters. The molecule has 0 saturated carbocycles. The van der Waals surface area contributed by atoms with E-state index in [1.807, 2.05) is 12.1 Å². The van der Waals surface area contributed by atoms with Crippen molar-refractivity contribution in [2.24, 2.45) is 0 Å². The van der Waals surface area contributed by atoms with Crippen molar-refractivity contribution in [1.29, 1.82) is 0 Å². The monoisotopic (exact) mass is 407 g/mol. The average molecular weight is 408 g/mol. The molecule has 0 aliphatic heterocycles. The van der Waals surface area contributed by atoms with Gasteiger partial charge in [0.2, 0.25) is 0 Å². The minimum atomic E-state index is 0.344. The van der Waals surface area contributed by atoms with E-state index in [4.69, 9.17) is 21.7 Å². The average Bonchev–Trinajstić information content (AvgIpc) is 2.57. The fraction of sp³-hybridized carbons (Fsp3) is 0.316. The predicted octanol–water partition coefficient (Wildman–Crippen LogP) is 5.55. The Morgan fingerprint density at radius 2 is 1.92 bits per heavy atom. The molecule has 0 bridgehead atoms. The summed E-state index contributed by atoms with van der Waals surface area (Å²) in [7, 11) is 1.56. The van der Waals surface area contributed by atoms with Crippen LogP contribution in [0.4, 0.5) is 5.69 Å². The van der Waals surface area contributed by atoms with E-state index >= 15 is 0 Å². The molecule has 3 nitrogen and oxygen atoms in total. The number of thiocarbonyl (C=S) groups is 1. The van der Waals surface area contributed by atoms with Gasteiger partial charge in [0.05, 0.1) is 11.6 Å². The van der Waals surface area contributed by atoms with E-state index in [-0.39, 0.29) is 0 Å². The summed E-state index contributed by atoms with van der Waals surface area (Å²) in [5.74, 6) is 0.837. The van der Waals surface area contributed by atoms with Crippen molar-refractivity contribution in [3.63, 3.8) is 0 Å². The van der Waals surface area contributed by atoms with Gasteiger partial charge in [-0.2, -0.15) is 0 Å². The first-order valence-corrected chi connectivity index (χ1v) is 9.01. The Morgan fingerprint density at radius 3 is 2.58 bits per heavy atom. The smallest absolute Gasteiger partial charge is 0.260 e. The van der Waals surface area contributed by atoms with Crippen LogP contribution in [0, 0.1) is 13.8 Å². The van der Waals surface area contributed by atoms with E-state index in [0.29, 0.717) is 11.8 Å². The van der Waals surface area contributed by atoms with Gasteiger partial charge in [-0.3, -0.25) is 0 Å². The zero-order valence-electron chi connectivity index (χ0n) is 14.4. The summed E-state index contributed by atoms with van der Waals surface area (Å²) in [6, 6.07) is 10.2. The van der Waals surface area contributed by atoms with Gasteiger partial charge in [-0.05, 0) is 83.3 Å². The van der Waals surface area contributed by atoms with Crippen molar-refractivity contribution in [2.75, 3.05) is 12.4 Å². The van der Waals surface area contributed by atoms with Gasteiger partial charge in [0, 0.05) is 11.3 Å². The Kier molecular flexibility index (Phi) is 6.63. The molecule has 128 valence electrons. The summed E-state index contributed by atoms with van der Waals surface area (Å²) in [6.07, 6.45) is 0.919. The maximum absolute atomic E-state index is 6.09. The summed E-state index contributed by atoms with van der Waals surface area (Å²) < 4.78 is 12.1. The van der Waals surface area contributed by atoms with Gasteiger partial charge in [-0.1, -0.05) is 19.1 Å². The summed E-state index contributed by atoms with van der Waals surface area (Å²) in [6.45, 7) is 6.76. The normalized spacial score (nSPS) is 10.4. The number of benzene rings is 2. The first-order valence-electron chi connectivity index (χ1n) is 7.81. The highest BCUT2D eigenvalue weighted by Gasteiger charge is 2.11. The molecular weight excluding hydrogens is 386 g/mol. The molecule has 0 amide bonds. The lowest BCUT2D eigenvalue weighted by Crippen LogP contribution is -2.14. The third kappa shape index (κ3) is 4.48. The zero-order chi connectivity index (χ0) is 17.7. The Bertz CT molecular complexity index is 746. The number of hydrogen-bond acceptors (Lipinski definition) is 3. The number of anilines is 1. The molecule has 2 aromatic rings. The Morgan fingerprint density at radius 1 is 1.21 bits per heavy atom. The molecule has 0 fully saturated rings. The molecule has 0 aromatic heterocycles. The third-order valence-electron chi connectivity index (χ3n) is 4.00. The van der Waals surface area contributed by atoms with E-state index in [0.717, 1.165) is 27.9 Å². The van der Waals surface area contributed by atoms with Gasteiger partial charge in [-0.15, -0.1) is 0 Å². The Balaban J connectivity index is 2.28. The lowest BCUT2D eigenvalue weighted by atomic mass is 10.0. The topological polar surface area (TPSA) is 30.5 Å². The van der Waals surface area contributed by atoms with Crippen LogP contribution in [-0.4, -0.2) is 12.3 Å². The van der Waals surface area contributed by atoms with Crippen molar-refractivity contribution in [2.45, 2.75) is 33.8 Å². The summed E-state index contributed by atoms with van der Waals surface area (Å²) >= 11 is 8.70. The lowest BCUT2D eigenvalue weighted by molar-refractivity contribution is 0.303. The summed E-state index contributed by atoms with van der Waals surface area (Å²) in [5, 5.41) is 3.47. The molecule has 5 heteroatoms. The number of halogens is 1. The van der Waals surface area contributed by atoms with Crippen LogP contribution >= 0.6 is 28.1 Å². The molecule has 2 rings (SSSR count). The lowest BCUT2D eigenvalue weighted by Gasteiger charge is -2.17. The van der Waals surface area contributed by atoms with Gasteiger partial charge in [-0.25, -0.2) is 0 Å². The highest BCUT2D eigenvalue weighted by Crippen LogP contribution is 2.30. The van der Waals surface area contributed by atoms with Gasteiger partial charge in [0.1, 0.15) is 12.4 Å². The number of nitrogens with one attached hydrogen (secondary N) is 1. The van der Waals surface area contributed by atoms with Crippen LogP contribution in [0.1, 0.15) is 29.2 Å². The highest BCUT2D eigenvalue weighted by molar-refractivity contribution is 9.10. The molecule has 0 heterocycles. The molecule has 0 spiro atoms. The molecular formula is C19H22BrNO2S. The maximum atomic E-state index is 6.09. The van der Waals surface area contributed by atoms with E-state index < -0.39 is 0 Å². The van der Waals surface area contributed by atoms with Crippen LogP contribution in [0.5, 0.6) is 5.75 Å². The van der Waals surface area contributed by atoms with Crippen molar-refractivity contribution in [3.8, 4) is 5.75 Å². The SMILES string of the molecule is CCc1cccc(NC(=S)OC)c1COc1cc(C)c(C)cc1Br. The van der Waals surface area contributed by atoms with Crippen LogP contribution in [0.3, 0.4) is 0 Å². The van der Waals surface area contributed by atoms with Crippen LogP contribution in [0.15, 0.2) is 34.8 Å². The molecule has 0 saturated heterocycles. The highest BCUT2D eigenvalue weighted by atomic mass is 79.9. The summed E-state index contributed by atoms with van der Waals surface area (Å²) in [4.78, 5) is 0. The molecule has 1 N–H and O–H groups in total. The predicted molar refractivity (Wildman–Crippen MR) is 107 cm³/mol. The standard InChI is InChI=1S/C19H22BrNO2S/c1-5-14-7-6-8-17(21-19(24)22-4)15(14)11-23-18-10-13(3)12(2)9-16(18)20/h6-10H,5,11H2,1-4H3,(H,21,24). The number of hydrogen-bond donors (Lipinski definition) is 1. The fourth-order valence-corrected chi connectivity index (χ4v) is 3.11. The third-order valence-corrected chi connectivity index (χ3v) is 4.88. The second kappa shape index (κ2) is 8.49. The number of ether oxygens (including phenoxy) is 2. The van der Waals surface area contributed by atoms with E-state index in [9.17, 15) is 0 Å². The van der Waals surface area contributed by atoms with Crippen LogP contribution < -0.4 is 10.1 Å². The van der Waals surface area contributed by atoms with Gasteiger partial charge in [0.15, 0.2) is 0 Å². The molecule has 0 unspecified atom stereocenters. The zero-order valence-corrected chi connectivity index (χ0v) is 16.8. The number of aryl methyl sites for hydroxylation is 3. The molecule has 0 aliphatic carbocycles. The minimum absolute atomic E-state index is 0.344. The second-order valence-electron chi connectivity index (χ2n) is 5.57. The number of methoxy groups -OCH3 is 1. The number of rotatable bonds is 5. The van der Waals surface area contributed by atoms with Crippen molar-refractivity contribution >= 4 is 39.0 Å². The van der Waals surface area contributed by atoms with Gasteiger partial charge in [0.25, 0.3) is 5.17 Å². The van der Waals surface area contributed by atoms with E-state index in [1.165, 1.54) is 16.7 Å². The van der Waals surface area contributed by atoms with Crippen LogP contribution in [0.25, 0.3) is 0 Å². The Hall–Kier alpha value is -1.59. The minimum Gasteiger partial charge on any atom is -0.488 e. The molecule has 2 aromatic carbocycles. The van der Waals surface area contributed by atoms with Crippen molar-refractivity contribution < 1.29 is 9.47 Å². The van der Waals surface area contributed by atoms with Gasteiger partial charge < -0.3 is 14.8 Å². The molecule has 24 heavy (non-hydrogen) atoms. The summed E-state index contributed by atoms with van der Waals surface area (Å²) in [5.41, 5.74) is 5.66. The quantitative estimate of drug-likeness (QED) is 0.657. The fourth-order valence-electron chi connectivity index (χ4n) is 2.43. The molecule has 0 aliphatic rings.